The van der Waals surface area contributed by atoms with Crippen LogP contribution >= 0.6 is 0 Å². The van der Waals surface area contributed by atoms with E-state index in [0.29, 0.717) is 31.9 Å². The van der Waals surface area contributed by atoms with Gasteiger partial charge < -0.3 is 20.5 Å². The maximum Gasteiger partial charge on any atom is 0.326 e. The van der Waals surface area contributed by atoms with E-state index in [2.05, 4.69) is 24.5 Å². The minimum atomic E-state index is -1.02. The van der Waals surface area contributed by atoms with Crippen LogP contribution in [0.4, 0.5) is 4.79 Å². The summed E-state index contributed by atoms with van der Waals surface area (Å²) in [5.41, 5.74) is 0. The average Bonchev–Trinajstić information content (AvgIpc) is 2.38. The lowest BCUT2D eigenvalue weighted by atomic mass is 10.0. The molecule has 0 aliphatic rings. The zero-order valence-corrected chi connectivity index (χ0v) is 12.1. The van der Waals surface area contributed by atoms with Crippen molar-refractivity contribution in [2.45, 2.75) is 45.6 Å². The third kappa shape index (κ3) is 8.42. The molecule has 112 valence electrons. The summed E-state index contributed by atoms with van der Waals surface area (Å²) < 4.78 is 4.86. The van der Waals surface area contributed by atoms with Gasteiger partial charge in [0.1, 0.15) is 6.04 Å². The van der Waals surface area contributed by atoms with E-state index in [1.165, 1.54) is 0 Å². The first-order valence-electron chi connectivity index (χ1n) is 6.81. The molecule has 0 radical (unpaired) electrons. The van der Waals surface area contributed by atoms with E-state index in [4.69, 9.17) is 9.84 Å². The Morgan fingerprint density at radius 3 is 2.37 bits per heavy atom. The fraction of sp³-hybridized carbons (Fsp3) is 0.846. The average molecular weight is 274 g/mol. The van der Waals surface area contributed by atoms with Gasteiger partial charge in [0.2, 0.25) is 0 Å². The number of carbonyl (C=O) groups excluding carboxylic acids is 1. The molecule has 0 aliphatic heterocycles. The topological polar surface area (TPSA) is 87.7 Å². The minimum absolute atomic E-state index is 0.363. The van der Waals surface area contributed by atoms with Crippen LogP contribution in [0.15, 0.2) is 0 Å². The fourth-order valence-electron chi connectivity index (χ4n) is 1.71. The normalized spacial score (nSPS) is 12.2. The fourth-order valence-corrected chi connectivity index (χ4v) is 1.71. The van der Waals surface area contributed by atoms with Crippen molar-refractivity contribution < 1.29 is 19.4 Å². The number of aliphatic carboxylic acids is 1. The quantitative estimate of drug-likeness (QED) is 0.528. The van der Waals surface area contributed by atoms with Crippen LogP contribution in [0, 0.1) is 5.92 Å². The smallest absolute Gasteiger partial charge is 0.326 e. The van der Waals surface area contributed by atoms with Gasteiger partial charge in [-0.25, -0.2) is 9.59 Å². The van der Waals surface area contributed by atoms with Crippen molar-refractivity contribution in [1.29, 1.82) is 0 Å². The molecule has 0 saturated carbocycles. The zero-order chi connectivity index (χ0) is 14.7. The molecule has 0 aromatic carbocycles. The van der Waals surface area contributed by atoms with Crippen molar-refractivity contribution in [3.05, 3.63) is 0 Å². The van der Waals surface area contributed by atoms with Gasteiger partial charge in [-0.2, -0.15) is 0 Å². The third-order valence-electron chi connectivity index (χ3n) is 3.15. The summed E-state index contributed by atoms with van der Waals surface area (Å²) in [6, 6.07) is -1.28. The van der Waals surface area contributed by atoms with Crippen LogP contribution in [0.3, 0.4) is 0 Å². The van der Waals surface area contributed by atoms with E-state index < -0.39 is 18.0 Å². The van der Waals surface area contributed by atoms with Gasteiger partial charge in [0.25, 0.3) is 0 Å². The molecule has 0 aromatic heterocycles. The van der Waals surface area contributed by atoms with Gasteiger partial charge in [0.15, 0.2) is 0 Å². The van der Waals surface area contributed by atoms with E-state index in [9.17, 15) is 9.59 Å². The van der Waals surface area contributed by atoms with Crippen molar-refractivity contribution in [3.63, 3.8) is 0 Å². The van der Waals surface area contributed by atoms with E-state index >= 15 is 0 Å². The molecule has 0 bridgehead atoms. The van der Waals surface area contributed by atoms with E-state index in [0.717, 1.165) is 12.8 Å². The van der Waals surface area contributed by atoms with Crippen molar-refractivity contribution in [2.75, 3.05) is 20.3 Å². The number of hydrogen-bond acceptors (Lipinski definition) is 3. The lowest BCUT2D eigenvalue weighted by Gasteiger charge is -2.17. The van der Waals surface area contributed by atoms with Gasteiger partial charge in [0.05, 0.1) is 0 Å². The number of urea groups is 1. The molecule has 1 atom stereocenters. The number of rotatable bonds is 10. The number of carboxylic acids is 1. The third-order valence-corrected chi connectivity index (χ3v) is 3.15. The Morgan fingerprint density at radius 2 is 1.89 bits per heavy atom. The largest absolute Gasteiger partial charge is 0.480 e. The molecule has 0 rings (SSSR count). The van der Waals surface area contributed by atoms with Gasteiger partial charge in [-0.05, 0) is 18.8 Å². The highest BCUT2D eigenvalue weighted by atomic mass is 16.5. The molecule has 0 heterocycles. The Hall–Kier alpha value is -1.30. The van der Waals surface area contributed by atoms with E-state index in [1.807, 2.05) is 0 Å². The second kappa shape index (κ2) is 10.6. The number of carbonyl (C=O) groups is 2. The Morgan fingerprint density at radius 1 is 1.26 bits per heavy atom. The molecule has 6 heteroatoms. The Balaban J connectivity index is 4.05. The predicted octanol–water partition coefficient (Wildman–Crippen LogP) is 1.60. The minimum Gasteiger partial charge on any atom is -0.480 e. The van der Waals surface area contributed by atoms with Gasteiger partial charge in [-0.15, -0.1) is 0 Å². The van der Waals surface area contributed by atoms with Gasteiger partial charge in [-0.3, -0.25) is 0 Å². The molecule has 6 nitrogen and oxygen atoms in total. The first-order valence-corrected chi connectivity index (χ1v) is 6.81. The van der Waals surface area contributed by atoms with Crippen LogP contribution in [0.2, 0.25) is 0 Å². The van der Waals surface area contributed by atoms with Crippen LogP contribution in [-0.4, -0.2) is 43.4 Å². The highest BCUT2D eigenvalue weighted by Gasteiger charge is 2.19. The van der Waals surface area contributed by atoms with E-state index in [-0.39, 0.29) is 0 Å². The standard InChI is InChI=1S/C13H26N2O4/c1-4-10(5-2)9-14-13(18)15-11(12(16)17)7-6-8-19-3/h10-11H,4-9H2,1-3H3,(H,16,17)(H2,14,15,18). The summed E-state index contributed by atoms with van der Waals surface area (Å²) in [6.45, 7) is 5.20. The Labute approximate surface area is 114 Å². The summed E-state index contributed by atoms with van der Waals surface area (Å²) in [7, 11) is 1.56. The molecular formula is C13H26N2O4. The van der Waals surface area contributed by atoms with Crippen molar-refractivity contribution in [1.82, 2.24) is 10.6 Å². The molecule has 0 aromatic rings. The van der Waals surface area contributed by atoms with Gasteiger partial charge in [0, 0.05) is 20.3 Å². The lowest BCUT2D eigenvalue weighted by Crippen LogP contribution is -2.47. The number of hydrogen-bond donors (Lipinski definition) is 3. The molecule has 3 N–H and O–H groups in total. The van der Waals surface area contributed by atoms with Crippen LogP contribution < -0.4 is 10.6 Å². The highest BCUT2D eigenvalue weighted by molar-refractivity contribution is 5.82. The first kappa shape index (κ1) is 17.7. The molecular weight excluding hydrogens is 248 g/mol. The zero-order valence-electron chi connectivity index (χ0n) is 12.1. The van der Waals surface area contributed by atoms with Crippen LogP contribution in [0.1, 0.15) is 39.5 Å². The number of ether oxygens (including phenoxy) is 1. The molecule has 0 spiro atoms. The van der Waals surface area contributed by atoms with Crippen LogP contribution in [0.5, 0.6) is 0 Å². The molecule has 2 amide bonds. The first-order chi connectivity index (χ1) is 9.04. The number of nitrogens with one attached hydrogen (secondary N) is 2. The summed E-state index contributed by atoms with van der Waals surface area (Å²) in [5.74, 6) is -0.587. The highest BCUT2D eigenvalue weighted by Crippen LogP contribution is 2.05. The van der Waals surface area contributed by atoms with Crippen LogP contribution in [0.25, 0.3) is 0 Å². The molecule has 19 heavy (non-hydrogen) atoms. The number of amides is 2. The van der Waals surface area contributed by atoms with Crippen molar-refractivity contribution in [3.8, 4) is 0 Å². The van der Waals surface area contributed by atoms with Gasteiger partial charge >= 0.3 is 12.0 Å². The summed E-state index contributed by atoms with van der Waals surface area (Å²) in [4.78, 5) is 22.6. The van der Waals surface area contributed by atoms with Crippen molar-refractivity contribution >= 4 is 12.0 Å². The molecule has 0 aliphatic carbocycles. The Bertz CT molecular complexity index is 267. The second-order valence-electron chi connectivity index (χ2n) is 4.56. The molecule has 1 unspecified atom stereocenters. The number of carboxylic acid groups (broad SMARTS) is 1. The van der Waals surface area contributed by atoms with E-state index in [1.54, 1.807) is 7.11 Å². The number of methoxy groups -OCH3 is 1. The van der Waals surface area contributed by atoms with Crippen LogP contribution in [-0.2, 0) is 9.53 Å². The summed E-state index contributed by atoms with van der Waals surface area (Å²) >= 11 is 0. The maximum atomic E-state index is 11.6. The SMILES string of the molecule is CCC(CC)CNC(=O)NC(CCCOC)C(=O)O. The predicted molar refractivity (Wildman–Crippen MR) is 73.1 cm³/mol. The summed E-state index contributed by atoms with van der Waals surface area (Å²) in [6.07, 6.45) is 2.95. The second-order valence-corrected chi connectivity index (χ2v) is 4.56. The summed E-state index contributed by atoms with van der Waals surface area (Å²) in [5, 5.41) is 14.2. The maximum absolute atomic E-state index is 11.6. The Kier molecular flexibility index (Phi) is 9.88. The monoisotopic (exact) mass is 274 g/mol. The lowest BCUT2D eigenvalue weighted by molar-refractivity contribution is -0.139. The molecule has 0 saturated heterocycles. The van der Waals surface area contributed by atoms with Gasteiger partial charge in [-0.1, -0.05) is 26.7 Å². The molecule has 0 fully saturated rings. The van der Waals surface area contributed by atoms with Crippen molar-refractivity contribution in [2.24, 2.45) is 5.92 Å².